The van der Waals surface area contributed by atoms with Crippen LogP contribution in [0.2, 0.25) is 0 Å². The molecule has 0 amide bonds. The average molecular weight is 240 g/mol. The maximum atomic E-state index is 4.52. The average Bonchev–Trinajstić information content (AvgIpc) is 2.53. The van der Waals surface area contributed by atoms with Crippen LogP contribution in [0, 0.1) is 13.8 Å². The topological polar surface area (TPSA) is 40.5 Å². The lowest BCUT2D eigenvalue weighted by Crippen LogP contribution is -2.36. The molecule has 0 spiro atoms. The Morgan fingerprint density at radius 2 is 2.12 bits per heavy atom. The van der Waals surface area contributed by atoms with Gasteiger partial charge in [0.1, 0.15) is 5.01 Å². The van der Waals surface area contributed by atoms with Gasteiger partial charge in [-0.05, 0) is 20.8 Å². The van der Waals surface area contributed by atoms with E-state index in [9.17, 15) is 0 Å². The van der Waals surface area contributed by atoms with E-state index >= 15 is 0 Å². The van der Waals surface area contributed by atoms with Crippen molar-refractivity contribution in [3.8, 4) is 0 Å². The van der Waals surface area contributed by atoms with E-state index in [1.807, 2.05) is 25.9 Å². The minimum absolute atomic E-state index is 0.653. The Bertz CT molecular complexity index is 349. The molecule has 0 radical (unpaired) electrons. The third-order valence-corrected chi connectivity index (χ3v) is 3.25. The van der Waals surface area contributed by atoms with E-state index in [0.29, 0.717) is 6.54 Å². The van der Waals surface area contributed by atoms with Crippen molar-refractivity contribution in [3.05, 3.63) is 15.6 Å². The first-order chi connectivity index (χ1) is 7.54. The van der Waals surface area contributed by atoms with Gasteiger partial charge in [-0.25, -0.2) is 9.98 Å². The van der Waals surface area contributed by atoms with E-state index in [4.69, 9.17) is 0 Å². The summed E-state index contributed by atoms with van der Waals surface area (Å²) in [6, 6.07) is 0. The monoisotopic (exact) mass is 240 g/mol. The van der Waals surface area contributed by atoms with Crippen molar-refractivity contribution in [1.82, 2.24) is 15.2 Å². The predicted octanol–water partition coefficient (Wildman–Crippen LogP) is 1.79. The second-order valence-corrected chi connectivity index (χ2v) is 5.10. The molecule has 4 nitrogen and oxygen atoms in total. The molecule has 0 bridgehead atoms. The first-order valence-electron chi connectivity index (χ1n) is 5.43. The van der Waals surface area contributed by atoms with Gasteiger partial charge in [0.15, 0.2) is 5.96 Å². The fourth-order valence-corrected chi connectivity index (χ4v) is 2.12. The molecule has 0 atom stereocenters. The summed E-state index contributed by atoms with van der Waals surface area (Å²) in [5.41, 5.74) is 1.12. The number of aliphatic imine (C=N–C) groups is 1. The van der Waals surface area contributed by atoms with Gasteiger partial charge in [0.2, 0.25) is 0 Å². The molecule has 1 N–H and O–H groups in total. The van der Waals surface area contributed by atoms with Crippen LogP contribution in [-0.2, 0) is 6.54 Å². The van der Waals surface area contributed by atoms with E-state index < -0.39 is 0 Å². The van der Waals surface area contributed by atoms with Gasteiger partial charge >= 0.3 is 0 Å². The summed E-state index contributed by atoms with van der Waals surface area (Å²) in [5.74, 6) is 0.910. The second-order valence-electron chi connectivity index (χ2n) is 3.81. The summed E-state index contributed by atoms with van der Waals surface area (Å²) >= 11 is 1.72. The highest BCUT2D eigenvalue weighted by molar-refractivity contribution is 7.11. The van der Waals surface area contributed by atoms with Crippen molar-refractivity contribution in [3.63, 3.8) is 0 Å². The lowest BCUT2D eigenvalue weighted by Gasteiger charge is -2.16. The molecule has 5 heteroatoms. The molecule has 1 aromatic rings. The standard InChI is InChI=1S/C11H20N4S/c1-6-12-11(15(4)5)13-7-10-14-8(2)9(3)16-10/h6-7H2,1-5H3,(H,12,13). The summed E-state index contributed by atoms with van der Waals surface area (Å²) in [7, 11) is 3.97. The first kappa shape index (κ1) is 13.0. The normalized spacial score (nSPS) is 11.7. The molecule has 0 aliphatic rings. The van der Waals surface area contributed by atoms with E-state index in [2.05, 4.69) is 29.1 Å². The van der Waals surface area contributed by atoms with Gasteiger partial charge < -0.3 is 10.2 Å². The molecule has 1 rings (SSSR count). The van der Waals surface area contributed by atoms with Gasteiger partial charge in [-0.1, -0.05) is 0 Å². The Morgan fingerprint density at radius 3 is 2.56 bits per heavy atom. The van der Waals surface area contributed by atoms with Crippen LogP contribution in [0.5, 0.6) is 0 Å². The van der Waals surface area contributed by atoms with Crippen molar-refractivity contribution in [2.24, 2.45) is 4.99 Å². The van der Waals surface area contributed by atoms with Crippen LogP contribution in [-0.4, -0.2) is 36.5 Å². The van der Waals surface area contributed by atoms with Gasteiger partial charge in [0, 0.05) is 25.5 Å². The van der Waals surface area contributed by atoms with Crippen LogP contribution in [0.25, 0.3) is 0 Å². The zero-order chi connectivity index (χ0) is 12.1. The molecule has 1 aromatic heterocycles. The van der Waals surface area contributed by atoms with Crippen molar-refractivity contribution in [2.45, 2.75) is 27.3 Å². The maximum absolute atomic E-state index is 4.52. The molecule has 1 heterocycles. The highest BCUT2D eigenvalue weighted by Crippen LogP contribution is 2.16. The highest BCUT2D eigenvalue weighted by Gasteiger charge is 2.04. The summed E-state index contributed by atoms with van der Waals surface area (Å²) < 4.78 is 0. The molecular formula is C11H20N4S. The maximum Gasteiger partial charge on any atom is 0.193 e. The van der Waals surface area contributed by atoms with Crippen LogP contribution in [0.3, 0.4) is 0 Å². The van der Waals surface area contributed by atoms with E-state index in [-0.39, 0.29) is 0 Å². The number of nitrogens with one attached hydrogen (secondary N) is 1. The van der Waals surface area contributed by atoms with Crippen molar-refractivity contribution in [1.29, 1.82) is 0 Å². The third-order valence-electron chi connectivity index (χ3n) is 2.20. The Hall–Kier alpha value is -1.10. The van der Waals surface area contributed by atoms with Gasteiger partial charge in [-0.2, -0.15) is 0 Å². The number of hydrogen-bond acceptors (Lipinski definition) is 3. The second kappa shape index (κ2) is 5.84. The van der Waals surface area contributed by atoms with E-state index in [1.165, 1.54) is 4.88 Å². The zero-order valence-electron chi connectivity index (χ0n) is 10.7. The van der Waals surface area contributed by atoms with Crippen LogP contribution in [0.15, 0.2) is 4.99 Å². The fraction of sp³-hybridized carbons (Fsp3) is 0.636. The number of aromatic nitrogens is 1. The highest BCUT2D eigenvalue weighted by atomic mass is 32.1. The smallest absolute Gasteiger partial charge is 0.193 e. The van der Waals surface area contributed by atoms with E-state index in [1.54, 1.807) is 11.3 Å². The van der Waals surface area contributed by atoms with Gasteiger partial charge in [0.05, 0.1) is 12.2 Å². The van der Waals surface area contributed by atoms with Crippen LogP contribution < -0.4 is 5.32 Å². The van der Waals surface area contributed by atoms with Gasteiger partial charge in [-0.15, -0.1) is 11.3 Å². The van der Waals surface area contributed by atoms with Gasteiger partial charge in [-0.3, -0.25) is 0 Å². The Morgan fingerprint density at radius 1 is 1.44 bits per heavy atom. The molecular weight excluding hydrogens is 220 g/mol. The summed E-state index contributed by atoms with van der Waals surface area (Å²) in [6.45, 7) is 7.73. The molecule has 0 unspecified atom stereocenters. The molecule has 0 aromatic carbocycles. The number of rotatable bonds is 3. The minimum Gasteiger partial charge on any atom is -0.357 e. The number of nitrogens with zero attached hydrogens (tertiary/aromatic N) is 3. The third kappa shape index (κ3) is 3.48. The molecule has 16 heavy (non-hydrogen) atoms. The molecule has 0 aliphatic carbocycles. The van der Waals surface area contributed by atoms with Crippen LogP contribution in [0.4, 0.5) is 0 Å². The fourth-order valence-electron chi connectivity index (χ4n) is 1.26. The quantitative estimate of drug-likeness (QED) is 0.647. The summed E-state index contributed by atoms with van der Waals surface area (Å²) in [4.78, 5) is 12.2. The molecule has 90 valence electrons. The van der Waals surface area contributed by atoms with Crippen LogP contribution >= 0.6 is 11.3 Å². The number of hydrogen-bond donors (Lipinski definition) is 1. The lowest BCUT2D eigenvalue weighted by molar-refractivity contribution is 0.583. The largest absolute Gasteiger partial charge is 0.357 e. The molecule has 0 fully saturated rings. The van der Waals surface area contributed by atoms with Crippen molar-refractivity contribution in [2.75, 3.05) is 20.6 Å². The first-order valence-corrected chi connectivity index (χ1v) is 6.24. The Balaban J connectivity index is 2.69. The number of aryl methyl sites for hydroxylation is 2. The molecule has 0 saturated carbocycles. The van der Waals surface area contributed by atoms with Crippen molar-refractivity contribution >= 4 is 17.3 Å². The molecule has 0 aliphatic heterocycles. The Labute approximate surface area is 101 Å². The molecule has 0 saturated heterocycles. The SMILES string of the molecule is CCNC(=NCc1nc(C)c(C)s1)N(C)C. The lowest BCUT2D eigenvalue weighted by atomic mass is 10.4. The summed E-state index contributed by atoms with van der Waals surface area (Å²) in [5, 5.41) is 4.30. The zero-order valence-corrected chi connectivity index (χ0v) is 11.5. The Kier molecular flexibility index (Phi) is 4.73. The van der Waals surface area contributed by atoms with Crippen molar-refractivity contribution < 1.29 is 0 Å². The summed E-state index contributed by atoms with van der Waals surface area (Å²) in [6.07, 6.45) is 0. The van der Waals surface area contributed by atoms with Crippen LogP contribution in [0.1, 0.15) is 22.5 Å². The number of guanidine groups is 1. The van der Waals surface area contributed by atoms with Gasteiger partial charge in [0.25, 0.3) is 0 Å². The predicted molar refractivity (Wildman–Crippen MR) is 70.1 cm³/mol. The van der Waals surface area contributed by atoms with E-state index in [0.717, 1.165) is 23.2 Å². The number of thiazole rings is 1. The minimum atomic E-state index is 0.653.